The van der Waals surface area contributed by atoms with Crippen LogP contribution in [0, 0.1) is 11.8 Å². The normalized spacial score (nSPS) is 42.8. The van der Waals surface area contributed by atoms with Crippen LogP contribution in [0.2, 0.25) is 0 Å². The Morgan fingerprint density at radius 2 is 0.933 bits per heavy atom. The maximum atomic E-state index is 4.18. The van der Waals surface area contributed by atoms with Crippen LogP contribution >= 0.6 is 0 Å². The van der Waals surface area contributed by atoms with Crippen molar-refractivity contribution in [3.8, 4) is 0 Å². The smallest absolute Gasteiger partial charge is 0.0843 e. The first-order chi connectivity index (χ1) is 7.24. The summed E-state index contributed by atoms with van der Waals surface area (Å²) in [6.45, 7) is 0. The summed E-state index contributed by atoms with van der Waals surface area (Å²) >= 11 is 0. The van der Waals surface area contributed by atoms with E-state index in [1.54, 1.807) is 0 Å². The van der Waals surface area contributed by atoms with Crippen molar-refractivity contribution in [1.29, 1.82) is 0 Å². The van der Waals surface area contributed by atoms with Crippen LogP contribution in [0.3, 0.4) is 0 Å². The first-order valence-corrected chi connectivity index (χ1v) is 6.90. The third-order valence-corrected chi connectivity index (χ3v) is 4.60. The van der Waals surface area contributed by atoms with Crippen molar-refractivity contribution in [3.05, 3.63) is 0 Å². The van der Waals surface area contributed by atoms with Crippen LogP contribution in [0.1, 0.15) is 57.8 Å². The Morgan fingerprint density at radius 3 is 1.27 bits per heavy atom. The molecule has 15 heavy (non-hydrogen) atoms. The zero-order valence-electron chi connectivity index (χ0n) is 10.1. The zero-order valence-corrected chi connectivity index (χ0v) is 10.1. The van der Waals surface area contributed by atoms with Crippen LogP contribution in [0.4, 0.5) is 0 Å². The highest BCUT2D eigenvalue weighted by atomic mass is 14.6. The van der Waals surface area contributed by atoms with E-state index in [1.807, 2.05) is 0 Å². The zero-order chi connectivity index (χ0) is 10.7. The topological polar surface area (TPSA) is 55.3 Å². The van der Waals surface area contributed by atoms with E-state index in [0.29, 0.717) is 0 Å². The molecule has 2 nitrogen and oxygen atoms in total. The predicted molar refractivity (Wildman–Crippen MR) is 61.9 cm³/mol. The van der Waals surface area contributed by atoms with Crippen molar-refractivity contribution in [2.45, 2.75) is 69.9 Å². The van der Waals surface area contributed by atoms with Gasteiger partial charge in [-0.15, -0.1) is 0 Å². The van der Waals surface area contributed by atoms with Gasteiger partial charge in [0.2, 0.25) is 0 Å². The standard InChI is InChI=1S/C13H26N2/c14-12-5-1-10(2-6-12)9-11-3-7-13(15)8-4-11/h10-13H,1-9,14-15H2/p+2. The van der Waals surface area contributed by atoms with Gasteiger partial charge in [-0.3, -0.25) is 0 Å². The minimum atomic E-state index is 0.761. The molecule has 0 heterocycles. The molecule has 2 aliphatic rings. The van der Waals surface area contributed by atoms with Gasteiger partial charge in [-0.1, -0.05) is 0 Å². The molecule has 0 aromatic heterocycles. The Bertz CT molecular complexity index is 157. The first-order valence-electron chi connectivity index (χ1n) is 6.90. The van der Waals surface area contributed by atoms with E-state index in [4.69, 9.17) is 0 Å². The molecule has 0 aliphatic heterocycles. The van der Waals surface area contributed by atoms with E-state index in [9.17, 15) is 0 Å². The molecular weight excluding hydrogens is 184 g/mol. The molecule has 6 N–H and O–H groups in total. The average molecular weight is 212 g/mol. The third-order valence-electron chi connectivity index (χ3n) is 4.60. The second-order valence-electron chi connectivity index (χ2n) is 6.01. The average Bonchev–Trinajstić information content (AvgIpc) is 2.25. The second kappa shape index (κ2) is 5.31. The van der Waals surface area contributed by atoms with Gasteiger partial charge >= 0.3 is 0 Å². The van der Waals surface area contributed by atoms with Gasteiger partial charge in [0.25, 0.3) is 0 Å². The molecule has 0 bridgehead atoms. The third kappa shape index (κ3) is 3.46. The highest BCUT2D eigenvalue weighted by Crippen LogP contribution is 2.34. The fourth-order valence-electron chi connectivity index (χ4n) is 3.41. The lowest BCUT2D eigenvalue weighted by atomic mass is 9.76. The highest BCUT2D eigenvalue weighted by Gasteiger charge is 2.26. The summed E-state index contributed by atoms with van der Waals surface area (Å²) in [6.07, 6.45) is 12.9. The van der Waals surface area contributed by atoms with Crippen molar-refractivity contribution in [3.63, 3.8) is 0 Å². The van der Waals surface area contributed by atoms with Crippen LogP contribution in [0.15, 0.2) is 0 Å². The number of hydrogen-bond donors (Lipinski definition) is 2. The van der Waals surface area contributed by atoms with Crippen molar-refractivity contribution in [1.82, 2.24) is 0 Å². The maximum absolute atomic E-state index is 4.18. The van der Waals surface area contributed by atoms with Crippen molar-refractivity contribution >= 4 is 0 Å². The fourth-order valence-corrected chi connectivity index (χ4v) is 3.41. The van der Waals surface area contributed by atoms with Gasteiger partial charge in [0.15, 0.2) is 0 Å². The molecule has 0 unspecified atom stereocenters. The lowest BCUT2D eigenvalue weighted by Gasteiger charge is -2.30. The van der Waals surface area contributed by atoms with Gasteiger partial charge in [-0.2, -0.15) is 0 Å². The largest absolute Gasteiger partial charge is 0.355 e. The quantitative estimate of drug-likeness (QED) is 0.685. The molecule has 2 aliphatic carbocycles. The van der Waals surface area contributed by atoms with Gasteiger partial charge in [0.05, 0.1) is 12.1 Å². The summed E-state index contributed by atoms with van der Waals surface area (Å²) < 4.78 is 0. The second-order valence-corrected chi connectivity index (χ2v) is 6.01. The van der Waals surface area contributed by atoms with Gasteiger partial charge in [0.1, 0.15) is 0 Å². The molecule has 0 amide bonds. The van der Waals surface area contributed by atoms with E-state index in [2.05, 4.69) is 11.5 Å². The molecule has 0 aromatic carbocycles. The summed E-state index contributed by atoms with van der Waals surface area (Å²) in [6, 6.07) is 1.52. The van der Waals surface area contributed by atoms with Gasteiger partial charge in [0, 0.05) is 0 Å². The molecule has 0 spiro atoms. The summed E-state index contributed by atoms with van der Waals surface area (Å²) in [5, 5.41) is 0. The molecule has 2 fully saturated rings. The van der Waals surface area contributed by atoms with Crippen LogP contribution in [-0.2, 0) is 0 Å². The number of hydrogen-bond acceptors (Lipinski definition) is 0. The lowest BCUT2D eigenvalue weighted by molar-refractivity contribution is -0.427. The van der Waals surface area contributed by atoms with Gasteiger partial charge < -0.3 is 11.5 Å². The van der Waals surface area contributed by atoms with Crippen molar-refractivity contribution in [2.24, 2.45) is 11.8 Å². The number of rotatable bonds is 2. The van der Waals surface area contributed by atoms with E-state index in [-0.39, 0.29) is 0 Å². The molecule has 2 heteroatoms. The molecule has 2 saturated carbocycles. The molecule has 2 rings (SSSR count). The molecular formula is C13H28N2+2. The Balaban J connectivity index is 1.68. The van der Waals surface area contributed by atoms with Crippen molar-refractivity contribution in [2.75, 3.05) is 0 Å². The lowest BCUT2D eigenvalue weighted by Crippen LogP contribution is -2.62. The van der Waals surface area contributed by atoms with E-state index < -0.39 is 0 Å². The number of quaternary nitrogens is 2. The van der Waals surface area contributed by atoms with E-state index in [0.717, 1.165) is 23.9 Å². The van der Waals surface area contributed by atoms with E-state index in [1.165, 1.54) is 57.8 Å². The summed E-state index contributed by atoms with van der Waals surface area (Å²) in [5.74, 6) is 2.07. The summed E-state index contributed by atoms with van der Waals surface area (Å²) in [7, 11) is 0. The van der Waals surface area contributed by atoms with Crippen molar-refractivity contribution < 1.29 is 11.5 Å². The minimum absolute atomic E-state index is 0.761. The monoisotopic (exact) mass is 212 g/mol. The van der Waals surface area contributed by atoms with Gasteiger partial charge in [-0.25, -0.2) is 0 Å². The van der Waals surface area contributed by atoms with Crippen LogP contribution < -0.4 is 11.5 Å². The van der Waals surface area contributed by atoms with Gasteiger partial charge in [-0.05, 0) is 69.6 Å². The Labute approximate surface area is 93.8 Å². The minimum Gasteiger partial charge on any atom is -0.355 e. The summed E-state index contributed by atoms with van der Waals surface area (Å²) in [4.78, 5) is 0. The predicted octanol–water partition coefficient (Wildman–Crippen LogP) is 0.978. The Morgan fingerprint density at radius 1 is 0.600 bits per heavy atom. The highest BCUT2D eigenvalue weighted by molar-refractivity contribution is 4.77. The molecule has 0 saturated heterocycles. The SMILES string of the molecule is [NH3+]C1CCC(CC2CCC([NH3+])CC2)CC1. The Hall–Kier alpha value is -0.0800. The van der Waals surface area contributed by atoms with Crippen LogP contribution in [0.25, 0.3) is 0 Å². The summed E-state index contributed by atoms with van der Waals surface area (Å²) in [5.41, 5.74) is 8.36. The fraction of sp³-hybridized carbons (Fsp3) is 1.00. The molecule has 0 aromatic rings. The first kappa shape index (κ1) is 11.4. The van der Waals surface area contributed by atoms with E-state index >= 15 is 0 Å². The molecule has 88 valence electrons. The van der Waals surface area contributed by atoms with Crippen LogP contribution in [0.5, 0.6) is 0 Å². The molecule has 0 radical (unpaired) electrons. The van der Waals surface area contributed by atoms with Crippen LogP contribution in [-0.4, -0.2) is 12.1 Å². The Kier molecular flexibility index (Phi) is 4.04. The molecule has 0 atom stereocenters. The maximum Gasteiger partial charge on any atom is 0.0843 e.